The first kappa shape index (κ1) is 27.2. The number of nitrogens with zero attached hydrogens (tertiary/aromatic N) is 3. The van der Waals surface area contributed by atoms with E-state index in [9.17, 15) is 14.4 Å². The molecule has 0 radical (unpaired) electrons. The van der Waals surface area contributed by atoms with Gasteiger partial charge in [0.1, 0.15) is 5.60 Å². The molecule has 2 aliphatic heterocycles. The fourth-order valence-corrected chi connectivity index (χ4v) is 5.67. The van der Waals surface area contributed by atoms with Gasteiger partial charge in [0.25, 0.3) is 0 Å². The number of ether oxygens (including phenoxy) is 1. The third kappa shape index (κ3) is 5.63. The monoisotopic (exact) mass is 544 g/mol. The number of aromatic nitrogens is 3. The zero-order valence-electron chi connectivity index (χ0n) is 22.2. The molecule has 3 N–H and O–H groups in total. The number of carboxylic acids is 2. The second kappa shape index (κ2) is 11.4. The van der Waals surface area contributed by atoms with Crippen LogP contribution in [0.2, 0.25) is 0 Å². The van der Waals surface area contributed by atoms with E-state index in [2.05, 4.69) is 64.0 Å². The summed E-state index contributed by atoms with van der Waals surface area (Å²) in [5, 5.41) is 15.6. The Morgan fingerprint density at radius 1 is 1.00 bits per heavy atom. The zero-order valence-corrected chi connectivity index (χ0v) is 22.2. The van der Waals surface area contributed by atoms with Crippen molar-refractivity contribution in [2.45, 2.75) is 38.0 Å². The van der Waals surface area contributed by atoms with Crippen LogP contribution in [0.3, 0.4) is 0 Å². The molecule has 1 saturated heterocycles. The lowest BCUT2D eigenvalue weighted by Crippen LogP contribution is -2.45. The number of rotatable bonds is 5. The second-order valence-electron chi connectivity index (χ2n) is 10.2. The minimum Gasteiger partial charge on any atom is -0.478 e. The summed E-state index contributed by atoms with van der Waals surface area (Å²) in [6.45, 7) is 5.55. The van der Waals surface area contributed by atoms with E-state index in [4.69, 9.17) is 14.9 Å². The molecular weight excluding hydrogens is 512 g/mol. The van der Waals surface area contributed by atoms with E-state index in [1.54, 1.807) is 0 Å². The predicted molar refractivity (Wildman–Crippen MR) is 150 cm³/mol. The van der Waals surface area contributed by atoms with Gasteiger partial charge in [0.15, 0.2) is 0 Å². The number of fused-ring (bicyclic) bond motifs is 4. The van der Waals surface area contributed by atoms with E-state index in [1.807, 2.05) is 28.8 Å². The highest BCUT2D eigenvalue weighted by Gasteiger charge is 2.37. The molecule has 2 aliphatic rings. The van der Waals surface area contributed by atoms with Crippen LogP contribution in [0.1, 0.15) is 37.1 Å². The van der Waals surface area contributed by atoms with Crippen LogP contribution in [-0.2, 0) is 26.5 Å². The molecule has 1 fully saturated rings. The summed E-state index contributed by atoms with van der Waals surface area (Å²) < 4.78 is 10.8. The van der Waals surface area contributed by atoms with E-state index in [0.29, 0.717) is 18.8 Å². The van der Waals surface area contributed by atoms with Gasteiger partial charge in [-0.15, -0.1) is 0 Å². The molecular formula is C30H32N4O6. The Morgan fingerprint density at radius 3 is 2.40 bits per heavy atom. The molecule has 0 spiro atoms. The summed E-state index contributed by atoms with van der Waals surface area (Å²) in [5.74, 6) is -2.51. The fourth-order valence-electron chi connectivity index (χ4n) is 5.67. The third-order valence-electron chi connectivity index (χ3n) is 7.53. The van der Waals surface area contributed by atoms with Crippen molar-refractivity contribution < 1.29 is 24.5 Å². The topological polar surface area (TPSA) is 130 Å². The molecule has 208 valence electrons. The van der Waals surface area contributed by atoms with Crippen molar-refractivity contribution in [1.29, 1.82) is 0 Å². The van der Waals surface area contributed by atoms with Crippen molar-refractivity contribution in [3.05, 3.63) is 101 Å². The molecule has 0 amide bonds. The van der Waals surface area contributed by atoms with Gasteiger partial charge in [-0.05, 0) is 50.1 Å². The molecule has 0 saturated carbocycles. The normalized spacial score (nSPS) is 19.4. The highest BCUT2D eigenvalue weighted by molar-refractivity contribution is 5.89. The number of H-pyrrole nitrogens is 1. The van der Waals surface area contributed by atoms with Gasteiger partial charge in [-0.25, -0.2) is 14.4 Å². The Bertz CT molecular complexity index is 1590. The molecule has 1 unspecified atom stereocenters. The number of hydrogen-bond donors (Lipinski definition) is 3. The standard InChI is InChI=1S/C26H28N4O2.C4H4O4/c1-26(24-11-6-14-29(24)22-9-4-2-7-19(22)17-32-26)18-28-15-12-20(13-16-28)30-23-10-5-3-8-21(23)27-25(30)31;5-3(6)1-2-4(7)8/h2-11,14,20H,12-13,15-18H2,1H3,(H,27,31);1-2H,(H,5,6)(H,7,8)/b;2-1+. The third-order valence-corrected chi connectivity index (χ3v) is 7.53. The molecule has 10 nitrogen and oxygen atoms in total. The summed E-state index contributed by atoms with van der Waals surface area (Å²) in [6.07, 6.45) is 5.17. The summed E-state index contributed by atoms with van der Waals surface area (Å²) >= 11 is 0. The van der Waals surface area contributed by atoms with Gasteiger partial charge >= 0.3 is 17.6 Å². The van der Waals surface area contributed by atoms with Crippen molar-refractivity contribution in [2.75, 3.05) is 19.6 Å². The van der Waals surface area contributed by atoms with E-state index in [0.717, 1.165) is 43.5 Å². The van der Waals surface area contributed by atoms with Gasteiger partial charge in [0.05, 0.1) is 29.0 Å². The number of likely N-dealkylation sites (tertiary alicyclic amines) is 1. The number of benzene rings is 2. The molecule has 10 heteroatoms. The average Bonchev–Trinajstić information content (AvgIpc) is 3.54. The lowest BCUT2D eigenvalue weighted by Gasteiger charge is -2.39. The molecule has 40 heavy (non-hydrogen) atoms. The van der Waals surface area contributed by atoms with E-state index in [-0.39, 0.29) is 11.7 Å². The molecule has 2 aromatic carbocycles. The number of hydrogen-bond acceptors (Lipinski definition) is 5. The maximum Gasteiger partial charge on any atom is 0.328 e. The number of piperidine rings is 1. The Labute approximate surface area is 230 Å². The molecule has 1 atom stereocenters. The Balaban J connectivity index is 0.000000355. The first-order chi connectivity index (χ1) is 19.2. The number of aromatic amines is 1. The Morgan fingerprint density at radius 2 is 1.68 bits per heavy atom. The highest BCUT2D eigenvalue weighted by Crippen LogP contribution is 2.36. The smallest absolute Gasteiger partial charge is 0.328 e. The lowest BCUT2D eigenvalue weighted by molar-refractivity contribution is -0.134. The van der Waals surface area contributed by atoms with Gasteiger partial charge in [-0.2, -0.15) is 0 Å². The number of carbonyl (C=O) groups is 2. The van der Waals surface area contributed by atoms with Crippen molar-refractivity contribution in [3.8, 4) is 5.69 Å². The van der Waals surface area contributed by atoms with Gasteiger partial charge in [-0.1, -0.05) is 30.3 Å². The summed E-state index contributed by atoms with van der Waals surface area (Å²) in [6, 6.07) is 21.0. The summed E-state index contributed by atoms with van der Waals surface area (Å²) in [4.78, 5) is 37.2. The molecule has 6 rings (SSSR count). The van der Waals surface area contributed by atoms with Crippen LogP contribution in [0.25, 0.3) is 16.7 Å². The minimum atomic E-state index is -1.26. The van der Waals surface area contributed by atoms with Crippen LogP contribution in [0.15, 0.2) is 83.8 Å². The van der Waals surface area contributed by atoms with E-state index in [1.165, 1.54) is 16.9 Å². The maximum atomic E-state index is 12.6. The maximum absolute atomic E-state index is 12.6. The van der Waals surface area contributed by atoms with Crippen LogP contribution in [0.4, 0.5) is 0 Å². The van der Waals surface area contributed by atoms with Crippen LogP contribution in [-0.4, -0.2) is 60.8 Å². The first-order valence-corrected chi connectivity index (χ1v) is 13.2. The minimum absolute atomic E-state index is 0.000643. The Kier molecular flexibility index (Phi) is 7.72. The zero-order chi connectivity index (χ0) is 28.3. The van der Waals surface area contributed by atoms with Crippen LogP contribution in [0.5, 0.6) is 0 Å². The number of aliphatic carboxylic acids is 2. The van der Waals surface area contributed by atoms with Crippen molar-refractivity contribution >= 4 is 23.0 Å². The summed E-state index contributed by atoms with van der Waals surface area (Å²) in [5.41, 5.74) is 5.13. The molecule has 4 heterocycles. The Hall–Kier alpha value is -4.41. The van der Waals surface area contributed by atoms with Crippen molar-refractivity contribution in [3.63, 3.8) is 0 Å². The molecule has 0 aliphatic carbocycles. The average molecular weight is 545 g/mol. The molecule has 0 bridgehead atoms. The van der Waals surface area contributed by atoms with Gasteiger partial charge < -0.3 is 24.5 Å². The molecule has 4 aromatic rings. The van der Waals surface area contributed by atoms with Crippen LogP contribution in [0, 0.1) is 0 Å². The predicted octanol–water partition coefficient (Wildman–Crippen LogP) is 3.91. The molecule has 2 aromatic heterocycles. The number of para-hydroxylation sites is 3. The summed E-state index contributed by atoms with van der Waals surface area (Å²) in [7, 11) is 0. The number of carboxylic acid groups (broad SMARTS) is 2. The quantitative estimate of drug-likeness (QED) is 0.325. The van der Waals surface area contributed by atoms with Crippen LogP contribution < -0.4 is 5.69 Å². The van der Waals surface area contributed by atoms with Gasteiger partial charge in [0, 0.05) is 49.6 Å². The van der Waals surface area contributed by atoms with E-state index < -0.39 is 17.5 Å². The van der Waals surface area contributed by atoms with E-state index >= 15 is 0 Å². The SMILES string of the molecule is CC1(CN2CCC(n3c(=O)[nH]c4ccccc43)CC2)OCc2ccccc2-n2cccc21.O=C(O)/C=C/C(=O)O. The van der Waals surface area contributed by atoms with Crippen molar-refractivity contribution in [2.24, 2.45) is 0 Å². The van der Waals surface area contributed by atoms with Crippen LogP contribution >= 0.6 is 0 Å². The number of imidazole rings is 1. The lowest BCUT2D eigenvalue weighted by atomic mass is 9.98. The largest absolute Gasteiger partial charge is 0.478 e. The van der Waals surface area contributed by atoms with Crippen molar-refractivity contribution in [1.82, 2.24) is 19.0 Å². The highest BCUT2D eigenvalue weighted by atomic mass is 16.5. The number of nitrogens with one attached hydrogen (secondary N) is 1. The fraction of sp³-hybridized carbons (Fsp3) is 0.300. The first-order valence-electron chi connectivity index (χ1n) is 13.2. The van der Waals surface area contributed by atoms with Gasteiger partial charge in [0.2, 0.25) is 0 Å². The second-order valence-corrected chi connectivity index (χ2v) is 10.2. The van der Waals surface area contributed by atoms with Gasteiger partial charge in [-0.3, -0.25) is 9.47 Å².